The van der Waals surface area contributed by atoms with Crippen molar-refractivity contribution >= 4 is 28.6 Å². The fourth-order valence-electron chi connectivity index (χ4n) is 3.61. The van der Waals surface area contributed by atoms with Gasteiger partial charge in [0.15, 0.2) is 0 Å². The van der Waals surface area contributed by atoms with E-state index < -0.39 is 0 Å². The number of rotatable bonds is 7. The molecule has 0 saturated carbocycles. The number of fused-ring (bicyclic) bond motifs is 1. The summed E-state index contributed by atoms with van der Waals surface area (Å²) in [6.45, 7) is 2.64. The molecule has 0 fully saturated rings. The van der Waals surface area contributed by atoms with Crippen LogP contribution in [-0.2, 0) is 20.0 Å². The molecule has 0 amide bonds. The predicted molar refractivity (Wildman–Crippen MR) is 128 cm³/mol. The molecule has 0 atom stereocenters. The number of H-pyrrole nitrogens is 1. The monoisotopic (exact) mass is 459 g/mol. The van der Waals surface area contributed by atoms with E-state index in [9.17, 15) is 0 Å². The van der Waals surface area contributed by atoms with E-state index in [-0.39, 0.29) is 6.01 Å². The molecule has 0 aliphatic heterocycles. The number of aromatic amines is 1. The Kier molecular flexibility index (Phi) is 5.66. The average Bonchev–Trinajstić information content (AvgIpc) is 3.36. The number of imidazole rings is 1. The molecule has 5 aromatic rings. The Morgan fingerprint density at radius 3 is 2.61 bits per heavy atom. The van der Waals surface area contributed by atoms with Gasteiger partial charge in [-0.25, -0.2) is 9.97 Å². The summed E-state index contributed by atoms with van der Waals surface area (Å²) in [5.74, 6) is 1.45. The van der Waals surface area contributed by atoms with Gasteiger partial charge in [0.05, 0.1) is 16.7 Å². The Balaban J connectivity index is 1.25. The Bertz CT molecular complexity index is 1410. The van der Waals surface area contributed by atoms with Crippen molar-refractivity contribution in [2.45, 2.75) is 19.9 Å². The summed E-state index contributed by atoms with van der Waals surface area (Å²) in [4.78, 5) is 12.8. The molecule has 0 radical (unpaired) electrons. The maximum absolute atomic E-state index is 5.87. The van der Waals surface area contributed by atoms with Crippen LogP contribution in [0.4, 0.5) is 5.95 Å². The molecule has 8 nitrogen and oxygen atoms in total. The lowest BCUT2D eigenvalue weighted by molar-refractivity contribution is 0.442. The number of aryl methyl sites for hydroxylation is 2. The zero-order chi connectivity index (χ0) is 22.8. The highest BCUT2D eigenvalue weighted by Crippen LogP contribution is 2.23. The van der Waals surface area contributed by atoms with Crippen LogP contribution in [0.15, 0.2) is 60.8 Å². The van der Waals surface area contributed by atoms with Gasteiger partial charge >= 0.3 is 6.01 Å². The summed E-state index contributed by atoms with van der Waals surface area (Å²) >= 11 is 5.87. The Morgan fingerprint density at radius 1 is 1.03 bits per heavy atom. The van der Waals surface area contributed by atoms with Crippen LogP contribution in [0.3, 0.4) is 0 Å². The molecule has 0 spiro atoms. The van der Waals surface area contributed by atoms with E-state index in [2.05, 4.69) is 54.3 Å². The first-order chi connectivity index (χ1) is 16.0. The molecule has 166 valence electrons. The molecule has 0 saturated heterocycles. The molecule has 3 heterocycles. The van der Waals surface area contributed by atoms with Gasteiger partial charge in [0.25, 0.3) is 0 Å². The van der Waals surface area contributed by atoms with Gasteiger partial charge < -0.3 is 14.6 Å². The topological polar surface area (TPSA) is 93.5 Å². The van der Waals surface area contributed by atoms with Crippen molar-refractivity contribution in [1.82, 2.24) is 29.7 Å². The number of nitrogens with zero attached hydrogens (tertiary/aromatic N) is 5. The van der Waals surface area contributed by atoms with Crippen molar-refractivity contribution in [2.24, 2.45) is 7.05 Å². The molecule has 9 heteroatoms. The first kappa shape index (κ1) is 21.0. The Labute approximate surface area is 195 Å². The van der Waals surface area contributed by atoms with E-state index in [1.165, 1.54) is 5.56 Å². The molecule has 0 unspecified atom stereocenters. The predicted octanol–water partition coefficient (Wildman–Crippen LogP) is 5.04. The van der Waals surface area contributed by atoms with Crippen LogP contribution in [0.1, 0.15) is 22.5 Å². The van der Waals surface area contributed by atoms with Gasteiger partial charge in [-0.15, -0.1) is 0 Å². The van der Waals surface area contributed by atoms with Crippen LogP contribution in [0.2, 0.25) is 5.15 Å². The van der Waals surface area contributed by atoms with Crippen LogP contribution in [-0.4, -0.2) is 29.7 Å². The molecule has 2 aromatic carbocycles. The summed E-state index contributed by atoms with van der Waals surface area (Å²) in [5.41, 5.74) is 6.41. The fraction of sp³-hybridized carbons (Fsp3) is 0.167. The normalized spacial score (nSPS) is 11.1. The summed E-state index contributed by atoms with van der Waals surface area (Å²) in [6.07, 6.45) is 2.34. The second kappa shape index (κ2) is 8.91. The van der Waals surface area contributed by atoms with Crippen molar-refractivity contribution in [3.63, 3.8) is 0 Å². The molecule has 2 N–H and O–H groups in total. The van der Waals surface area contributed by atoms with Crippen LogP contribution < -0.4 is 10.1 Å². The summed E-state index contributed by atoms with van der Waals surface area (Å²) in [5, 5.41) is 11.1. The molecule has 0 bridgehead atoms. The number of halogens is 1. The van der Waals surface area contributed by atoms with Crippen molar-refractivity contribution in [2.75, 3.05) is 5.32 Å². The zero-order valence-electron chi connectivity index (χ0n) is 18.2. The molecular weight excluding hydrogens is 438 g/mol. The highest BCUT2D eigenvalue weighted by molar-refractivity contribution is 6.29. The lowest BCUT2D eigenvalue weighted by atomic mass is 10.1. The third-order valence-electron chi connectivity index (χ3n) is 5.27. The number of benzene rings is 2. The molecule has 3 aromatic heterocycles. The van der Waals surface area contributed by atoms with Gasteiger partial charge in [-0.05, 0) is 54.4 Å². The Morgan fingerprint density at radius 2 is 1.85 bits per heavy atom. The molecule has 0 aliphatic carbocycles. The highest BCUT2D eigenvalue weighted by atomic mass is 35.5. The Hall–Kier alpha value is -3.91. The maximum atomic E-state index is 5.87. The minimum Gasteiger partial charge on any atom is -0.424 e. The van der Waals surface area contributed by atoms with Crippen molar-refractivity contribution in [3.05, 3.63) is 88.5 Å². The van der Waals surface area contributed by atoms with Gasteiger partial charge in [0.1, 0.15) is 10.9 Å². The smallest absolute Gasteiger partial charge is 0.323 e. The number of hydrogen-bond acceptors (Lipinski definition) is 6. The van der Waals surface area contributed by atoms with Crippen LogP contribution in [0, 0.1) is 6.92 Å². The number of anilines is 1. The van der Waals surface area contributed by atoms with Crippen LogP contribution in [0.25, 0.3) is 11.0 Å². The van der Waals surface area contributed by atoms with Crippen molar-refractivity contribution < 1.29 is 4.74 Å². The van der Waals surface area contributed by atoms with Crippen LogP contribution in [0.5, 0.6) is 11.8 Å². The van der Waals surface area contributed by atoms with E-state index in [0.717, 1.165) is 40.4 Å². The SMILES string of the molecule is Cc1cc(Cc2ccc3nc(NCc4ccc(Oc5nccc(Cl)n5)cc4)n(C)c3c2)n[nH]1. The van der Waals surface area contributed by atoms with Crippen molar-refractivity contribution in [1.29, 1.82) is 0 Å². The molecule has 5 rings (SSSR count). The van der Waals surface area contributed by atoms with E-state index in [1.807, 2.05) is 38.2 Å². The summed E-state index contributed by atoms with van der Waals surface area (Å²) in [6, 6.07) is 17.9. The second-order valence-corrected chi connectivity index (χ2v) is 8.19. The lowest BCUT2D eigenvalue weighted by Crippen LogP contribution is -2.05. The highest BCUT2D eigenvalue weighted by Gasteiger charge is 2.10. The van der Waals surface area contributed by atoms with Gasteiger partial charge in [-0.3, -0.25) is 5.10 Å². The number of aromatic nitrogens is 6. The third-order valence-corrected chi connectivity index (χ3v) is 5.48. The van der Waals surface area contributed by atoms with Crippen molar-refractivity contribution in [3.8, 4) is 11.8 Å². The van der Waals surface area contributed by atoms with E-state index in [4.69, 9.17) is 21.3 Å². The van der Waals surface area contributed by atoms with Gasteiger partial charge in [-0.1, -0.05) is 29.8 Å². The lowest BCUT2D eigenvalue weighted by Gasteiger charge is -2.08. The minimum atomic E-state index is 0.217. The third kappa shape index (κ3) is 4.80. The molecular formula is C24H22ClN7O. The standard InChI is InChI=1S/C24H22ClN7O/c1-15-11-18(31-30-15)12-17-5-8-20-21(13-17)32(2)23(28-20)27-14-16-3-6-19(7-4-16)33-24-26-10-9-22(25)29-24/h3-11,13H,12,14H2,1-2H3,(H,27,28)(H,30,31). The van der Waals surface area contributed by atoms with Gasteiger partial charge in [-0.2, -0.15) is 10.1 Å². The number of ether oxygens (including phenoxy) is 1. The maximum Gasteiger partial charge on any atom is 0.323 e. The van der Waals surface area contributed by atoms with E-state index >= 15 is 0 Å². The quantitative estimate of drug-likeness (QED) is 0.331. The van der Waals surface area contributed by atoms with E-state index in [1.54, 1.807) is 12.3 Å². The number of hydrogen-bond donors (Lipinski definition) is 2. The summed E-state index contributed by atoms with van der Waals surface area (Å²) in [7, 11) is 2.02. The second-order valence-electron chi connectivity index (χ2n) is 7.80. The number of nitrogens with one attached hydrogen (secondary N) is 2. The molecule has 33 heavy (non-hydrogen) atoms. The largest absolute Gasteiger partial charge is 0.424 e. The van der Waals surface area contributed by atoms with Crippen LogP contribution >= 0.6 is 11.6 Å². The summed E-state index contributed by atoms with van der Waals surface area (Å²) < 4.78 is 7.71. The fourth-order valence-corrected chi connectivity index (χ4v) is 3.74. The first-order valence-electron chi connectivity index (χ1n) is 10.5. The average molecular weight is 460 g/mol. The van der Waals surface area contributed by atoms with Gasteiger partial charge in [0.2, 0.25) is 5.95 Å². The molecule has 0 aliphatic rings. The van der Waals surface area contributed by atoms with E-state index in [0.29, 0.717) is 17.4 Å². The minimum absolute atomic E-state index is 0.217. The first-order valence-corrected chi connectivity index (χ1v) is 10.9. The zero-order valence-corrected chi connectivity index (χ0v) is 19.0. The van der Waals surface area contributed by atoms with Gasteiger partial charge in [0, 0.05) is 31.9 Å².